The summed E-state index contributed by atoms with van der Waals surface area (Å²) in [5.41, 5.74) is 0. The summed E-state index contributed by atoms with van der Waals surface area (Å²) in [7, 11) is 0. The van der Waals surface area contributed by atoms with Gasteiger partial charge in [0.1, 0.15) is 0 Å². The largest absolute Gasteiger partial charge is 0.343 e. The molecule has 1 saturated heterocycles. The molecule has 0 spiro atoms. The molecule has 2 heteroatoms. The molecular weight excluding hydrogens is 174 g/mol. The molecule has 1 aliphatic heterocycles. The summed E-state index contributed by atoms with van der Waals surface area (Å²) < 4.78 is 0. The van der Waals surface area contributed by atoms with Crippen molar-refractivity contribution < 1.29 is 4.79 Å². The molecule has 0 N–H and O–H groups in total. The number of nitrogens with zero attached hydrogens (tertiary/aromatic N) is 1. The Bertz CT molecular complexity index is 117. The Morgan fingerprint density at radius 2 is 1.43 bits per heavy atom. The Balaban J connectivity index is 0. The van der Waals surface area contributed by atoms with E-state index >= 15 is 0 Å². The summed E-state index contributed by atoms with van der Waals surface area (Å²) in [4.78, 5) is 13.1. The molecule has 0 aromatic heterocycles. The van der Waals surface area contributed by atoms with Gasteiger partial charge in [0.25, 0.3) is 0 Å². The van der Waals surface area contributed by atoms with E-state index < -0.39 is 0 Å². The van der Waals surface area contributed by atoms with Gasteiger partial charge in [-0.15, -0.1) is 0 Å². The fraction of sp³-hybridized carbons (Fsp3) is 0.917. The van der Waals surface area contributed by atoms with Crippen LogP contribution in [0.25, 0.3) is 0 Å². The zero-order chi connectivity index (χ0) is 11.4. The first-order valence-electron chi connectivity index (χ1n) is 6.12. The van der Waals surface area contributed by atoms with Crippen molar-refractivity contribution in [1.29, 1.82) is 0 Å². The molecule has 1 aliphatic rings. The van der Waals surface area contributed by atoms with Crippen molar-refractivity contribution in [2.75, 3.05) is 13.1 Å². The van der Waals surface area contributed by atoms with Gasteiger partial charge in [-0.1, -0.05) is 34.6 Å². The Kier molecular flexibility index (Phi) is 14.2. The van der Waals surface area contributed by atoms with Gasteiger partial charge in [0, 0.05) is 19.5 Å². The second-order valence-electron chi connectivity index (χ2n) is 2.80. The quantitative estimate of drug-likeness (QED) is 0.636. The van der Waals surface area contributed by atoms with Gasteiger partial charge in [-0.2, -0.15) is 0 Å². The first kappa shape index (κ1) is 15.9. The molecule has 0 radical (unpaired) electrons. The molecule has 1 rings (SSSR count). The summed E-state index contributed by atoms with van der Waals surface area (Å²) in [6.07, 6.45) is 4.37. The lowest BCUT2D eigenvalue weighted by molar-refractivity contribution is -0.131. The molecule has 0 atom stereocenters. The third-order valence-electron chi connectivity index (χ3n) is 2.01. The van der Waals surface area contributed by atoms with E-state index in [1.807, 2.05) is 39.5 Å². The zero-order valence-electron chi connectivity index (χ0n) is 10.6. The summed E-state index contributed by atoms with van der Waals surface area (Å²) >= 11 is 0. The van der Waals surface area contributed by atoms with Gasteiger partial charge in [0.05, 0.1) is 0 Å². The van der Waals surface area contributed by atoms with Crippen molar-refractivity contribution in [3.63, 3.8) is 0 Å². The van der Waals surface area contributed by atoms with Crippen LogP contribution >= 0.6 is 0 Å². The highest BCUT2D eigenvalue weighted by Gasteiger charge is 2.13. The number of hydrogen-bond donors (Lipinski definition) is 0. The van der Waals surface area contributed by atoms with Crippen molar-refractivity contribution >= 4 is 5.91 Å². The average molecular weight is 201 g/mol. The monoisotopic (exact) mass is 201 g/mol. The lowest BCUT2D eigenvalue weighted by Crippen LogP contribution is -2.34. The molecule has 0 bridgehead atoms. The van der Waals surface area contributed by atoms with Crippen LogP contribution in [-0.4, -0.2) is 23.9 Å². The molecule has 0 unspecified atom stereocenters. The van der Waals surface area contributed by atoms with E-state index in [1.165, 1.54) is 19.3 Å². The van der Waals surface area contributed by atoms with Crippen LogP contribution in [0.15, 0.2) is 0 Å². The van der Waals surface area contributed by atoms with Crippen LogP contribution in [0.2, 0.25) is 0 Å². The highest BCUT2D eigenvalue weighted by Crippen LogP contribution is 2.09. The molecule has 0 aromatic rings. The van der Waals surface area contributed by atoms with E-state index in [0.29, 0.717) is 12.3 Å². The lowest BCUT2D eigenvalue weighted by atomic mass is 10.1. The van der Waals surface area contributed by atoms with Gasteiger partial charge < -0.3 is 4.90 Å². The van der Waals surface area contributed by atoms with Gasteiger partial charge in [-0.25, -0.2) is 0 Å². The Labute approximate surface area is 89.7 Å². The molecular formula is C12H27NO. The van der Waals surface area contributed by atoms with Crippen LogP contribution in [0.4, 0.5) is 0 Å². The van der Waals surface area contributed by atoms with Gasteiger partial charge in [-0.05, 0) is 19.3 Å². The minimum atomic E-state index is 0.319. The normalized spacial score (nSPS) is 14.5. The molecule has 86 valence electrons. The maximum atomic E-state index is 11.1. The highest BCUT2D eigenvalue weighted by molar-refractivity contribution is 5.75. The molecule has 1 fully saturated rings. The summed E-state index contributed by atoms with van der Waals surface area (Å²) in [5, 5.41) is 0. The van der Waals surface area contributed by atoms with E-state index in [-0.39, 0.29) is 0 Å². The van der Waals surface area contributed by atoms with Crippen molar-refractivity contribution in [2.45, 2.75) is 60.3 Å². The minimum absolute atomic E-state index is 0.319. The molecule has 1 amide bonds. The Morgan fingerprint density at radius 3 is 1.79 bits per heavy atom. The third kappa shape index (κ3) is 6.93. The Morgan fingerprint density at radius 1 is 1.00 bits per heavy atom. The first-order chi connectivity index (χ1) is 6.84. The van der Waals surface area contributed by atoms with Crippen LogP contribution in [-0.2, 0) is 4.79 Å². The van der Waals surface area contributed by atoms with E-state index in [0.717, 1.165) is 13.1 Å². The number of piperidine rings is 1. The van der Waals surface area contributed by atoms with E-state index in [4.69, 9.17) is 0 Å². The zero-order valence-corrected chi connectivity index (χ0v) is 10.6. The van der Waals surface area contributed by atoms with Crippen LogP contribution in [0, 0.1) is 0 Å². The summed E-state index contributed by atoms with van der Waals surface area (Å²) in [6, 6.07) is 0. The molecule has 0 aliphatic carbocycles. The van der Waals surface area contributed by atoms with Crippen LogP contribution in [0.1, 0.15) is 60.3 Å². The average Bonchev–Trinajstić information content (AvgIpc) is 2.34. The van der Waals surface area contributed by atoms with Crippen LogP contribution in [0.3, 0.4) is 0 Å². The Hall–Kier alpha value is -0.530. The smallest absolute Gasteiger partial charge is 0.222 e. The second kappa shape index (κ2) is 12.5. The standard InChI is InChI=1S/C8H15NO.2C2H6/c1-2-8(10)9-6-4-3-5-7-9;2*1-2/h2-7H2,1H3;2*1-2H3. The van der Waals surface area contributed by atoms with Gasteiger partial charge in [0.15, 0.2) is 0 Å². The minimum Gasteiger partial charge on any atom is -0.343 e. The first-order valence-corrected chi connectivity index (χ1v) is 6.12. The lowest BCUT2D eigenvalue weighted by Gasteiger charge is -2.26. The molecule has 0 aromatic carbocycles. The summed E-state index contributed by atoms with van der Waals surface area (Å²) in [6.45, 7) is 11.9. The van der Waals surface area contributed by atoms with Gasteiger partial charge >= 0.3 is 0 Å². The van der Waals surface area contributed by atoms with E-state index in [9.17, 15) is 4.79 Å². The molecule has 0 saturated carbocycles. The fourth-order valence-corrected chi connectivity index (χ4v) is 1.37. The number of carbonyl (C=O) groups is 1. The number of likely N-dealkylation sites (tertiary alicyclic amines) is 1. The van der Waals surface area contributed by atoms with E-state index in [1.54, 1.807) is 0 Å². The fourth-order valence-electron chi connectivity index (χ4n) is 1.37. The number of carbonyl (C=O) groups excluding carboxylic acids is 1. The van der Waals surface area contributed by atoms with Crippen molar-refractivity contribution in [3.8, 4) is 0 Å². The van der Waals surface area contributed by atoms with Crippen LogP contribution < -0.4 is 0 Å². The van der Waals surface area contributed by atoms with Crippen molar-refractivity contribution in [3.05, 3.63) is 0 Å². The van der Waals surface area contributed by atoms with Crippen molar-refractivity contribution in [2.24, 2.45) is 0 Å². The van der Waals surface area contributed by atoms with Gasteiger partial charge in [0.2, 0.25) is 5.91 Å². The number of amides is 1. The summed E-state index contributed by atoms with van der Waals surface area (Å²) in [5.74, 6) is 0.319. The molecule has 1 heterocycles. The number of rotatable bonds is 1. The van der Waals surface area contributed by atoms with Crippen LogP contribution in [0.5, 0.6) is 0 Å². The topological polar surface area (TPSA) is 20.3 Å². The number of hydrogen-bond acceptors (Lipinski definition) is 1. The predicted molar refractivity (Wildman–Crippen MR) is 63.4 cm³/mol. The van der Waals surface area contributed by atoms with Crippen molar-refractivity contribution in [1.82, 2.24) is 4.90 Å². The van der Waals surface area contributed by atoms with E-state index in [2.05, 4.69) is 0 Å². The maximum Gasteiger partial charge on any atom is 0.222 e. The second-order valence-corrected chi connectivity index (χ2v) is 2.80. The maximum absolute atomic E-state index is 11.1. The molecule has 2 nitrogen and oxygen atoms in total. The molecule has 14 heavy (non-hydrogen) atoms. The SMILES string of the molecule is CC.CC.CCC(=O)N1CCCCC1. The predicted octanol–water partition coefficient (Wildman–Crippen LogP) is 3.46. The van der Waals surface area contributed by atoms with Gasteiger partial charge in [-0.3, -0.25) is 4.79 Å². The highest BCUT2D eigenvalue weighted by atomic mass is 16.2. The third-order valence-corrected chi connectivity index (χ3v) is 2.01.